The number of nitrogens with zero attached hydrogens (tertiary/aromatic N) is 1. The number of alkyl halides is 3. The summed E-state index contributed by atoms with van der Waals surface area (Å²) in [5.74, 6) is -0.205. The van der Waals surface area contributed by atoms with Gasteiger partial charge in [-0.05, 0) is 30.3 Å². The van der Waals surface area contributed by atoms with E-state index in [1.807, 2.05) is 0 Å². The van der Waals surface area contributed by atoms with E-state index in [1.165, 1.54) is 12.3 Å². The molecule has 1 aromatic carbocycles. The molecule has 2 aromatic heterocycles. The number of ether oxygens (including phenoxy) is 1. The fourth-order valence-corrected chi connectivity index (χ4v) is 2.27. The molecule has 3 rings (SSSR count). The Kier molecular flexibility index (Phi) is 3.88. The van der Waals surface area contributed by atoms with Gasteiger partial charge < -0.3 is 15.0 Å². The topological polar surface area (TPSA) is 67.0 Å². The molecule has 0 aliphatic carbocycles. The van der Waals surface area contributed by atoms with Crippen molar-refractivity contribution in [3.05, 3.63) is 48.3 Å². The first kappa shape index (κ1) is 15.9. The molecular weight excluding hydrogens is 323 g/mol. The Hall–Kier alpha value is -3.03. The van der Waals surface area contributed by atoms with Gasteiger partial charge in [0, 0.05) is 19.3 Å². The molecule has 3 aromatic rings. The van der Waals surface area contributed by atoms with Crippen LogP contribution in [0.3, 0.4) is 0 Å². The lowest BCUT2D eigenvalue weighted by atomic mass is 10.1. The zero-order valence-electron chi connectivity index (χ0n) is 12.4. The minimum absolute atomic E-state index is 0.00475. The summed E-state index contributed by atoms with van der Waals surface area (Å²) in [4.78, 5) is 18.0. The predicted octanol–water partition coefficient (Wildman–Crippen LogP) is 4.33. The Morgan fingerprint density at radius 2 is 2.04 bits per heavy atom. The summed E-state index contributed by atoms with van der Waals surface area (Å²) in [5, 5.41) is 2.82. The predicted molar refractivity (Wildman–Crippen MR) is 81.9 cm³/mol. The van der Waals surface area contributed by atoms with Crippen molar-refractivity contribution < 1.29 is 22.7 Å². The number of pyridine rings is 1. The number of H-pyrrole nitrogens is 1. The normalized spacial score (nSPS) is 11.5. The molecule has 0 radical (unpaired) electrons. The minimum Gasteiger partial charge on any atom is -0.457 e. The second kappa shape index (κ2) is 5.88. The lowest BCUT2D eigenvalue weighted by Gasteiger charge is -2.15. The third-order valence-electron chi connectivity index (χ3n) is 3.26. The van der Waals surface area contributed by atoms with Crippen LogP contribution in [-0.2, 0) is 11.0 Å². The summed E-state index contributed by atoms with van der Waals surface area (Å²) in [7, 11) is 0. The van der Waals surface area contributed by atoms with Crippen LogP contribution >= 0.6 is 0 Å². The van der Waals surface area contributed by atoms with Crippen molar-refractivity contribution in [2.24, 2.45) is 0 Å². The second-order valence-corrected chi connectivity index (χ2v) is 5.04. The van der Waals surface area contributed by atoms with E-state index in [0.717, 1.165) is 19.1 Å². The Bertz CT molecular complexity index is 903. The number of nitrogens with one attached hydrogen (secondary N) is 2. The molecule has 124 valence electrons. The summed E-state index contributed by atoms with van der Waals surface area (Å²) < 4.78 is 45.2. The first-order valence-electron chi connectivity index (χ1n) is 6.93. The highest BCUT2D eigenvalue weighted by Gasteiger charge is 2.34. The Balaban J connectivity index is 2.00. The maximum atomic E-state index is 13.2. The van der Waals surface area contributed by atoms with Crippen LogP contribution in [0.1, 0.15) is 12.5 Å². The SMILES string of the molecule is CC(=O)Nc1ccc(Oc2ccnc3[nH]ccc23)cc1C(F)(F)F. The van der Waals surface area contributed by atoms with Gasteiger partial charge in [0.15, 0.2) is 0 Å². The van der Waals surface area contributed by atoms with E-state index in [4.69, 9.17) is 4.74 Å². The smallest absolute Gasteiger partial charge is 0.418 e. The summed E-state index contributed by atoms with van der Waals surface area (Å²) in [6.45, 7) is 1.14. The van der Waals surface area contributed by atoms with Crippen molar-refractivity contribution >= 4 is 22.6 Å². The number of aromatic nitrogens is 2. The standard InChI is InChI=1S/C16H12F3N3O2/c1-9(23)22-13-3-2-10(8-12(13)16(17,18)19)24-14-5-7-21-15-11(14)4-6-20-15/h2-8H,1H3,(H,20,21)(H,22,23). The Labute approximate surface area is 134 Å². The third kappa shape index (κ3) is 3.17. The third-order valence-corrected chi connectivity index (χ3v) is 3.26. The Morgan fingerprint density at radius 1 is 1.25 bits per heavy atom. The molecule has 0 atom stereocenters. The van der Waals surface area contributed by atoms with Gasteiger partial charge in [0.2, 0.25) is 5.91 Å². The molecule has 0 aliphatic rings. The fourth-order valence-electron chi connectivity index (χ4n) is 2.27. The van der Waals surface area contributed by atoms with Gasteiger partial charge in [0.05, 0.1) is 16.6 Å². The highest BCUT2D eigenvalue weighted by atomic mass is 19.4. The van der Waals surface area contributed by atoms with E-state index in [2.05, 4.69) is 15.3 Å². The van der Waals surface area contributed by atoms with Gasteiger partial charge in [0.1, 0.15) is 17.1 Å². The highest BCUT2D eigenvalue weighted by Crippen LogP contribution is 2.38. The number of hydrogen-bond acceptors (Lipinski definition) is 3. The van der Waals surface area contributed by atoms with Crippen LogP contribution in [0.2, 0.25) is 0 Å². The zero-order valence-corrected chi connectivity index (χ0v) is 12.4. The largest absolute Gasteiger partial charge is 0.457 e. The van der Waals surface area contributed by atoms with Crippen LogP contribution in [0, 0.1) is 0 Å². The number of hydrogen-bond donors (Lipinski definition) is 2. The number of aromatic amines is 1. The quantitative estimate of drug-likeness (QED) is 0.748. The molecule has 0 bridgehead atoms. The maximum absolute atomic E-state index is 13.2. The molecule has 0 aliphatic heterocycles. The van der Waals surface area contributed by atoms with Crippen LogP contribution in [0.4, 0.5) is 18.9 Å². The molecule has 24 heavy (non-hydrogen) atoms. The van der Waals surface area contributed by atoms with Crippen molar-refractivity contribution in [2.75, 3.05) is 5.32 Å². The van der Waals surface area contributed by atoms with Crippen LogP contribution < -0.4 is 10.1 Å². The molecule has 0 saturated heterocycles. The highest BCUT2D eigenvalue weighted by molar-refractivity contribution is 5.90. The van der Waals surface area contributed by atoms with Gasteiger partial charge in [-0.3, -0.25) is 4.79 Å². The van der Waals surface area contributed by atoms with Gasteiger partial charge in [-0.15, -0.1) is 0 Å². The van der Waals surface area contributed by atoms with Gasteiger partial charge in [-0.2, -0.15) is 13.2 Å². The molecule has 0 unspecified atom stereocenters. The number of benzene rings is 1. The Morgan fingerprint density at radius 3 is 2.75 bits per heavy atom. The number of amides is 1. The van der Waals surface area contributed by atoms with Gasteiger partial charge in [0.25, 0.3) is 0 Å². The average molecular weight is 335 g/mol. The molecular formula is C16H12F3N3O2. The van der Waals surface area contributed by atoms with Crippen molar-refractivity contribution in [3.8, 4) is 11.5 Å². The van der Waals surface area contributed by atoms with Crippen LogP contribution in [0.5, 0.6) is 11.5 Å². The van der Waals surface area contributed by atoms with Crippen molar-refractivity contribution in [3.63, 3.8) is 0 Å². The van der Waals surface area contributed by atoms with Gasteiger partial charge in [-0.1, -0.05) is 0 Å². The summed E-state index contributed by atoms with van der Waals surface area (Å²) >= 11 is 0. The van der Waals surface area contributed by atoms with Crippen molar-refractivity contribution in [1.82, 2.24) is 9.97 Å². The van der Waals surface area contributed by atoms with E-state index in [-0.39, 0.29) is 11.4 Å². The van der Waals surface area contributed by atoms with Crippen molar-refractivity contribution in [2.45, 2.75) is 13.1 Å². The summed E-state index contributed by atoms with van der Waals surface area (Å²) in [6, 6.07) is 6.65. The summed E-state index contributed by atoms with van der Waals surface area (Å²) in [6.07, 6.45) is -1.48. The van der Waals surface area contributed by atoms with E-state index in [0.29, 0.717) is 16.8 Å². The number of carbonyl (C=O) groups excluding carboxylic acids is 1. The molecule has 5 nitrogen and oxygen atoms in total. The van der Waals surface area contributed by atoms with E-state index >= 15 is 0 Å². The average Bonchev–Trinajstić information content (AvgIpc) is 2.97. The molecule has 8 heteroatoms. The number of anilines is 1. The first-order valence-corrected chi connectivity index (χ1v) is 6.93. The van der Waals surface area contributed by atoms with Gasteiger partial charge >= 0.3 is 6.18 Å². The number of halogens is 3. The molecule has 0 saturated carbocycles. The number of fused-ring (bicyclic) bond motifs is 1. The molecule has 1 amide bonds. The molecule has 0 spiro atoms. The molecule has 2 N–H and O–H groups in total. The zero-order chi connectivity index (χ0) is 17.3. The summed E-state index contributed by atoms with van der Waals surface area (Å²) in [5.41, 5.74) is -0.725. The van der Waals surface area contributed by atoms with E-state index in [1.54, 1.807) is 18.3 Å². The van der Waals surface area contributed by atoms with Crippen molar-refractivity contribution in [1.29, 1.82) is 0 Å². The second-order valence-electron chi connectivity index (χ2n) is 5.04. The number of rotatable bonds is 3. The van der Waals surface area contributed by atoms with Crippen LogP contribution in [0.15, 0.2) is 42.7 Å². The molecule has 0 fully saturated rings. The molecule has 2 heterocycles. The van der Waals surface area contributed by atoms with Gasteiger partial charge in [-0.25, -0.2) is 4.98 Å². The lowest BCUT2D eigenvalue weighted by Crippen LogP contribution is -2.14. The number of carbonyl (C=O) groups is 1. The first-order chi connectivity index (χ1) is 11.3. The van der Waals surface area contributed by atoms with E-state index < -0.39 is 17.6 Å². The van der Waals surface area contributed by atoms with Crippen LogP contribution in [-0.4, -0.2) is 15.9 Å². The minimum atomic E-state index is -4.63. The lowest BCUT2D eigenvalue weighted by molar-refractivity contribution is -0.137. The van der Waals surface area contributed by atoms with E-state index in [9.17, 15) is 18.0 Å². The fraction of sp³-hybridized carbons (Fsp3) is 0.125. The monoisotopic (exact) mass is 335 g/mol. The van der Waals surface area contributed by atoms with Crippen LogP contribution in [0.25, 0.3) is 11.0 Å². The maximum Gasteiger partial charge on any atom is 0.418 e.